The second-order valence-corrected chi connectivity index (χ2v) is 18.4. The lowest BCUT2D eigenvalue weighted by Crippen LogP contribution is -2.38. The van der Waals surface area contributed by atoms with Crippen LogP contribution < -0.4 is 5.19 Å². The molecule has 3 heteroatoms. The molecule has 0 spiro atoms. The van der Waals surface area contributed by atoms with Crippen molar-refractivity contribution in [1.82, 2.24) is 9.13 Å². The van der Waals surface area contributed by atoms with Gasteiger partial charge in [-0.1, -0.05) is 103 Å². The molecule has 2 nitrogen and oxygen atoms in total. The van der Waals surface area contributed by atoms with Gasteiger partial charge in [0, 0.05) is 34.5 Å². The maximum atomic E-state index is 2.44. The Morgan fingerprint density at radius 2 is 0.944 bits per heavy atom. The average Bonchev–Trinajstić information content (AvgIpc) is 3.38. The van der Waals surface area contributed by atoms with E-state index < -0.39 is 8.07 Å². The lowest BCUT2D eigenvalue weighted by Gasteiger charge is -2.21. The third-order valence-corrected chi connectivity index (χ3v) is 9.39. The van der Waals surface area contributed by atoms with E-state index in [2.05, 4.69) is 149 Å². The predicted octanol–water partition coefficient (Wildman–Crippen LogP) is 8.71. The molecule has 5 aromatic rings. The molecular weight excluding hydrogens is 452 g/mol. The fourth-order valence-corrected chi connectivity index (χ4v) is 6.45. The Balaban J connectivity index is 1.82. The first-order valence-electron chi connectivity index (χ1n) is 13.1. The summed E-state index contributed by atoms with van der Waals surface area (Å²) in [4.78, 5) is 0. The van der Waals surface area contributed by atoms with Gasteiger partial charge >= 0.3 is 0 Å². The Labute approximate surface area is 217 Å². The smallest absolute Gasteiger partial charge is 0.0777 e. The van der Waals surface area contributed by atoms with E-state index in [4.69, 9.17) is 0 Å². The molecule has 0 fully saturated rings. The van der Waals surface area contributed by atoms with Crippen molar-refractivity contribution in [2.45, 2.75) is 72.0 Å². The van der Waals surface area contributed by atoms with Gasteiger partial charge in [0.25, 0.3) is 0 Å². The standard InChI is InChI=1S/C33H40N2Si/c1-32(2,3)28-21-34(30-16-12-10-14-26(28)30)23-18-24(20-25(19-23)36(7,8)9)35-22-29(33(4,5)6)27-15-11-13-17-31(27)35/h10-22H,1-9H3. The molecule has 0 aliphatic heterocycles. The molecule has 0 aliphatic rings. The number of nitrogens with zero attached hydrogens (tertiary/aromatic N) is 2. The first-order chi connectivity index (χ1) is 16.7. The summed E-state index contributed by atoms with van der Waals surface area (Å²) in [6, 6.07) is 24.9. The zero-order valence-corrected chi connectivity index (χ0v) is 24.4. The molecule has 0 amide bonds. The number of aromatic nitrogens is 2. The molecule has 2 aromatic heterocycles. The van der Waals surface area contributed by atoms with Crippen LogP contribution in [0, 0.1) is 0 Å². The van der Waals surface area contributed by atoms with E-state index in [1.54, 1.807) is 0 Å². The summed E-state index contributed by atoms with van der Waals surface area (Å²) in [5, 5.41) is 4.15. The highest BCUT2D eigenvalue weighted by Crippen LogP contribution is 2.36. The minimum atomic E-state index is -1.58. The van der Waals surface area contributed by atoms with Gasteiger partial charge in [-0.2, -0.15) is 0 Å². The van der Waals surface area contributed by atoms with Crippen LogP contribution in [0.2, 0.25) is 19.6 Å². The van der Waals surface area contributed by atoms with Crippen LogP contribution in [0.3, 0.4) is 0 Å². The van der Waals surface area contributed by atoms with Crippen molar-refractivity contribution in [1.29, 1.82) is 0 Å². The first-order valence-corrected chi connectivity index (χ1v) is 16.6. The Morgan fingerprint density at radius 1 is 0.556 bits per heavy atom. The Hall–Kier alpha value is -3.04. The predicted molar refractivity (Wildman–Crippen MR) is 160 cm³/mol. The molecular formula is C33H40N2Si. The van der Waals surface area contributed by atoms with Gasteiger partial charge in [0.1, 0.15) is 0 Å². The molecule has 0 radical (unpaired) electrons. The highest BCUT2D eigenvalue weighted by Gasteiger charge is 2.25. The first kappa shape index (κ1) is 24.6. The molecule has 0 N–H and O–H groups in total. The largest absolute Gasteiger partial charge is 0.316 e. The maximum Gasteiger partial charge on any atom is 0.0777 e. The zero-order valence-electron chi connectivity index (χ0n) is 23.4. The van der Waals surface area contributed by atoms with Crippen LogP contribution in [-0.2, 0) is 10.8 Å². The number of para-hydroxylation sites is 2. The molecule has 5 rings (SSSR count). The van der Waals surface area contributed by atoms with E-state index in [1.165, 1.54) is 49.5 Å². The van der Waals surface area contributed by atoms with Crippen molar-refractivity contribution >= 4 is 35.1 Å². The normalized spacial score (nSPS) is 13.1. The van der Waals surface area contributed by atoms with Gasteiger partial charge < -0.3 is 9.13 Å². The summed E-state index contributed by atoms with van der Waals surface area (Å²) in [6.45, 7) is 21.2. The van der Waals surface area contributed by atoms with Gasteiger partial charge in [0.2, 0.25) is 0 Å². The van der Waals surface area contributed by atoms with Gasteiger partial charge in [0.15, 0.2) is 0 Å². The van der Waals surface area contributed by atoms with Crippen LogP contribution in [0.15, 0.2) is 79.1 Å². The summed E-state index contributed by atoms with van der Waals surface area (Å²) in [5.74, 6) is 0. The van der Waals surface area contributed by atoms with Crippen molar-refractivity contribution in [2.75, 3.05) is 0 Å². The highest BCUT2D eigenvalue weighted by atomic mass is 28.3. The Bertz CT molecular complexity index is 1470. The van der Waals surface area contributed by atoms with Crippen LogP contribution in [0.1, 0.15) is 52.7 Å². The lowest BCUT2D eigenvalue weighted by atomic mass is 9.87. The second kappa shape index (κ2) is 8.24. The molecule has 36 heavy (non-hydrogen) atoms. The van der Waals surface area contributed by atoms with Crippen LogP contribution in [0.25, 0.3) is 33.2 Å². The van der Waals surface area contributed by atoms with Crippen LogP contribution >= 0.6 is 0 Å². The van der Waals surface area contributed by atoms with Gasteiger partial charge in [-0.15, -0.1) is 0 Å². The third-order valence-electron chi connectivity index (χ3n) is 7.36. The van der Waals surface area contributed by atoms with Gasteiger partial charge in [-0.25, -0.2) is 0 Å². The van der Waals surface area contributed by atoms with Crippen LogP contribution in [0.4, 0.5) is 0 Å². The van der Waals surface area contributed by atoms with Gasteiger partial charge in [0.05, 0.1) is 19.1 Å². The Kier molecular flexibility index (Phi) is 5.64. The highest BCUT2D eigenvalue weighted by molar-refractivity contribution is 6.88. The summed E-state index contributed by atoms with van der Waals surface area (Å²) >= 11 is 0. The molecule has 0 bridgehead atoms. The number of benzene rings is 3. The van der Waals surface area contributed by atoms with E-state index in [0.717, 1.165) is 0 Å². The molecule has 186 valence electrons. The molecule has 0 aliphatic carbocycles. The fourth-order valence-electron chi connectivity index (χ4n) is 5.29. The Morgan fingerprint density at radius 3 is 1.31 bits per heavy atom. The van der Waals surface area contributed by atoms with E-state index in [1.807, 2.05) is 0 Å². The van der Waals surface area contributed by atoms with Crippen molar-refractivity contribution in [3.05, 3.63) is 90.3 Å². The SMILES string of the molecule is CC(C)(C)c1cn(-c2cc(-n3cc(C(C)(C)C)c4ccccc43)cc([Si](C)(C)C)c2)c2ccccc12. The summed E-state index contributed by atoms with van der Waals surface area (Å²) in [5.41, 5.74) is 7.95. The molecule has 0 saturated carbocycles. The van der Waals surface area contributed by atoms with Gasteiger partial charge in [-0.05, 0) is 52.3 Å². The summed E-state index contributed by atoms with van der Waals surface area (Å²) in [7, 11) is -1.58. The topological polar surface area (TPSA) is 9.86 Å². The lowest BCUT2D eigenvalue weighted by molar-refractivity contribution is 0.594. The molecule has 0 saturated heterocycles. The third kappa shape index (κ3) is 4.24. The van der Waals surface area contributed by atoms with Crippen molar-refractivity contribution < 1.29 is 0 Å². The molecule has 3 aromatic carbocycles. The zero-order chi connectivity index (χ0) is 26.0. The average molecular weight is 493 g/mol. The van der Waals surface area contributed by atoms with Crippen LogP contribution in [0.5, 0.6) is 0 Å². The van der Waals surface area contributed by atoms with E-state index in [-0.39, 0.29) is 10.8 Å². The minimum Gasteiger partial charge on any atom is -0.316 e. The monoisotopic (exact) mass is 492 g/mol. The molecule has 2 heterocycles. The van der Waals surface area contributed by atoms with E-state index >= 15 is 0 Å². The van der Waals surface area contributed by atoms with Crippen LogP contribution in [-0.4, -0.2) is 17.2 Å². The fraction of sp³-hybridized carbons (Fsp3) is 0.333. The maximum absolute atomic E-state index is 2.44. The number of rotatable bonds is 3. The van der Waals surface area contributed by atoms with Crippen molar-refractivity contribution in [2.24, 2.45) is 0 Å². The summed E-state index contributed by atoms with van der Waals surface area (Å²) in [6.07, 6.45) is 4.73. The van der Waals surface area contributed by atoms with Crippen molar-refractivity contribution in [3.8, 4) is 11.4 Å². The minimum absolute atomic E-state index is 0.0717. The van der Waals surface area contributed by atoms with E-state index in [9.17, 15) is 0 Å². The summed E-state index contributed by atoms with van der Waals surface area (Å²) < 4.78 is 4.83. The number of hydrogen-bond donors (Lipinski definition) is 0. The number of hydrogen-bond acceptors (Lipinski definition) is 0. The number of fused-ring (bicyclic) bond motifs is 2. The second-order valence-electron chi connectivity index (χ2n) is 13.3. The van der Waals surface area contributed by atoms with Gasteiger partial charge in [-0.3, -0.25) is 0 Å². The molecule has 0 atom stereocenters. The van der Waals surface area contributed by atoms with Crippen molar-refractivity contribution in [3.63, 3.8) is 0 Å². The quantitative estimate of drug-likeness (QED) is 0.223. The van der Waals surface area contributed by atoms with E-state index in [0.29, 0.717) is 0 Å². The molecule has 0 unspecified atom stereocenters.